The minimum atomic E-state index is -4.29. The van der Waals surface area contributed by atoms with Gasteiger partial charge < -0.3 is 15.0 Å². The molecule has 0 saturated heterocycles. The summed E-state index contributed by atoms with van der Waals surface area (Å²) in [4.78, 5) is 9.02. The van der Waals surface area contributed by atoms with Crippen LogP contribution in [0.15, 0.2) is 36.8 Å². The second-order valence-electron chi connectivity index (χ2n) is 9.98. The number of rotatable bonds is 6. The van der Waals surface area contributed by atoms with E-state index in [1.165, 1.54) is 17.5 Å². The predicted molar refractivity (Wildman–Crippen MR) is 130 cm³/mol. The Morgan fingerprint density at radius 3 is 2.79 bits per heavy atom. The van der Waals surface area contributed by atoms with Gasteiger partial charge in [-0.25, -0.2) is 9.97 Å². The summed E-state index contributed by atoms with van der Waals surface area (Å²) in [5.41, 5.74) is 3.20. The maximum absolute atomic E-state index is 11.0. The predicted octanol–water partition coefficient (Wildman–Crippen LogP) is 3.62. The van der Waals surface area contributed by atoms with Crippen molar-refractivity contribution in [1.29, 1.82) is 0 Å². The van der Waals surface area contributed by atoms with Crippen LogP contribution < -0.4 is 10.0 Å². The molecule has 0 radical (unpaired) electrons. The topological polar surface area (TPSA) is 129 Å². The Kier molecular flexibility index (Phi) is 5.84. The molecule has 182 valence electrons. The van der Waals surface area contributed by atoms with Crippen molar-refractivity contribution >= 4 is 38.8 Å². The lowest BCUT2D eigenvalue weighted by Crippen LogP contribution is -2.31. The summed E-state index contributed by atoms with van der Waals surface area (Å²) in [7, 11) is -4.29. The number of fused-ring (bicyclic) bond motifs is 2. The molecule has 0 unspecified atom stereocenters. The minimum Gasteiger partial charge on any atom is -0.393 e. The zero-order valence-electron chi connectivity index (χ0n) is 18.9. The summed E-state index contributed by atoms with van der Waals surface area (Å²) in [6, 6.07) is 8.06. The second-order valence-corrected chi connectivity index (χ2v) is 11.7. The van der Waals surface area contributed by atoms with Crippen molar-refractivity contribution in [3.8, 4) is 0 Å². The molecule has 4 atom stereocenters. The van der Waals surface area contributed by atoms with E-state index in [1.54, 1.807) is 0 Å². The lowest BCUT2D eigenvalue weighted by Gasteiger charge is -2.20. The first-order valence-electron chi connectivity index (χ1n) is 11.3. The van der Waals surface area contributed by atoms with Crippen molar-refractivity contribution in [2.24, 2.45) is 5.92 Å². The number of halogens is 1. The van der Waals surface area contributed by atoms with E-state index in [1.807, 2.05) is 29.0 Å². The van der Waals surface area contributed by atoms with Crippen molar-refractivity contribution in [3.63, 3.8) is 0 Å². The summed E-state index contributed by atoms with van der Waals surface area (Å²) >= 11 is 6.26. The number of benzene rings is 1. The van der Waals surface area contributed by atoms with Crippen LogP contribution in [-0.2, 0) is 15.7 Å². The Balaban J connectivity index is 1.39. The van der Waals surface area contributed by atoms with E-state index in [2.05, 4.69) is 39.9 Å². The number of nitrogens with one attached hydrogen (secondary N) is 2. The van der Waals surface area contributed by atoms with Crippen LogP contribution in [0.1, 0.15) is 56.3 Å². The molecule has 2 aliphatic rings. The molecule has 2 aromatic heterocycles. The maximum Gasteiger partial charge on any atom is 0.333 e. The molecule has 0 bridgehead atoms. The average Bonchev–Trinajstić information content (AvgIpc) is 3.41. The van der Waals surface area contributed by atoms with Gasteiger partial charge >= 0.3 is 10.3 Å². The van der Waals surface area contributed by atoms with E-state index in [4.69, 9.17) is 16.2 Å². The van der Waals surface area contributed by atoms with Crippen molar-refractivity contribution in [2.75, 3.05) is 11.9 Å². The Bertz CT molecular complexity index is 1340. The van der Waals surface area contributed by atoms with Crippen LogP contribution in [0.3, 0.4) is 0 Å². The summed E-state index contributed by atoms with van der Waals surface area (Å²) < 4.78 is 35.1. The quantitative estimate of drug-likeness (QED) is 0.376. The number of hydrogen-bond acceptors (Lipinski definition) is 6. The molecule has 2 heterocycles. The molecule has 0 spiro atoms. The highest BCUT2D eigenvalue weighted by Crippen LogP contribution is 2.47. The van der Waals surface area contributed by atoms with Gasteiger partial charge in [0.05, 0.1) is 17.5 Å². The summed E-state index contributed by atoms with van der Waals surface area (Å²) in [5.74, 6) is 0.448. The van der Waals surface area contributed by atoms with Gasteiger partial charge in [0.25, 0.3) is 0 Å². The molecule has 2 aliphatic carbocycles. The molecule has 0 amide bonds. The molecular formula is C23H28ClN5O4S. The molecule has 9 nitrogen and oxygen atoms in total. The van der Waals surface area contributed by atoms with Gasteiger partial charge in [-0.2, -0.15) is 13.1 Å². The van der Waals surface area contributed by atoms with E-state index in [-0.39, 0.29) is 30.0 Å². The van der Waals surface area contributed by atoms with E-state index in [9.17, 15) is 13.5 Å². The van der Waals surface area contributed by atoms with Crippen molar-refractivity contribution in [1.82, 2.24) is 19.3 Å². The van der Waals surface area contributed by atoms with E-state index in [0.717, 1.165) is 28.3 Å². The van der Waals surface area contributed by atoms with Gasteiger partial charge in [-0.05, 0) is 54.0 Å². The Labute approximate surface area is 203 Å². The summed E-state index contributed by atoms with van der Waals surface area (Å²) in [6.45, 7) is 4.42. The number of aliphatic hydroxyl groups is 1. The minimum absolute atomic E-state index is 0.0128. The van der Waals surface area contributed by atoms with Gasteiger partial charge in [0.15, 0.2) is 0 Å². The molecule has 5 rings (SSSR count). The monoisotopic (exact) mass is 505 g/mol. The van der Waals surface area contributed by atoms with Gasteiger partial charge in [0, 0.05) is 29.7 Å². The van der Waals surface area contributed by atoms with E-state index < -0.39 is 16.4 Å². The van der Waals surface area contributed by atoms with E-state index >= 15 is 0 Å². The fraction of sp³-hybridized carbons (Fsp3) is 0.478. The van der Waals surface area contributed by atoms with Crippen molar-refractivity contribution in [3.05, 3.63) is 52.9 Å². The molecule has 1 fully saturated rings. The van der Waals surface area contributed by atoms with Gasteiger partial charge in [-0.1, -0.05) is 31.5 Å². The van der Waals surface area contributed by atoms with Crippen molar-refractivity contribution in [2.45, 2.75) is 56.7 Å². The highest BCUT2D eigenvalue weighted by atomic mass is 35.5. The van der Waals surface area contributed by atoms with Gasteiger partial charge in [0.2, 0.25) is 0 Å². The van der Waals surface area contributed by atoms with Crippen LogP contribution in [0.5, 0.6) is 0 Å². The lowest BCUT2D eigenvalue weighted by molar-refractivity contribution is 0.133. The summed E-state index contributed by atoms with van der Waals surface area (Å²) in [6.07, 6.45) is 4.73. The highest BCUT2D eigenvalue weighted by Gasteiger charge is 2.38. The fourth-order valence-corrected chi connectivity index (χ4v) is 6.15. The molecule has 0 aliphatic heterocycles. The van der Waals surface area contributed by atoms with Gasteiger partial charge in [0.1, 0.15) is 17.8 Å². The van der Waals surface area contributed by atoms with Crippen LogP contribution in [0.4, 0.5) is 5.82 Å². The average molecular weight is 506 g/mol. The molecule has 1 saturated carbocycles. The molecule has 34 heavy (non-hydrogen) atoms. The largest absolute Gasteiger partial charge is 0.393 e. The number of anilines is 1. The molecule has 1 aromatic carbocycles. The number of aliphatic hydroxyl groups excluding tert-OH is 1. The van der Waals surface area contributed by atoms with Crippen LogP contribution in [0.25, 0.3) is 11.0 Å². The molecule has 3 aromatic rings. The zero-order chi connectivity index (χ0) is 24.3. The summed E-state index contributed by atoms with van der Waals surface area (Å²) in [5, 5.41) is 15.7. The number of aromatic nitrogens is 3. The number of nitrogens with zero attached hydrogens (tertiary/aromatic N) is 3. The molecule has 11 heteroatoms. The van der Waals surface area contributed by atoms with Gasteiger partial charge in [-0.3, -0.25) is 4.55 Å². The first kappa shape index (κ1) is 23.5. The molecular weight excluding hydrogens is 478 g/mol. The standard InChI is InChI=1S/C23H28ClN5O4S/c1-23(2)10-19(16-4-3-14(24)8-18(16)23)28-21-17-5-6-29(22(17)26-12-25-21)15-7-13(20(30)9-15)11-27-34(31,32)33/h3-6,8,12-13,15,19-20,27,30H,7,9-11H2,1-2H3,(H,25,26,28)(H,31,32,33)/t13-,15+,19-,20-/m0/s1. The second kappa shape index (κ2) is 8.46. The van der Waals surface area contributed by atoms with Crippen molar-refractivity contribution < 1.29 is 18.1 Å². The van der Waals surface area contributed by atoms with Crippen LogP contribution in [0.2, 0.25) is 5.02 Å². The lowest BCUT2D eigenvalue weighted by atomic mass is 9.86. The van der Waals surface area contributed by atoms with Crippen LogP contribution in [0, 0.1) is 5.92 Å². The molecule has 4 N–H and O–H groups in total. The Hall–Kier alpha value is -2.24. The number of hydrogen-bond donors (Lipinski definition) is 4. The smallest absolute Gasteiger partial charge is 0.333 e. The van der Waals surface area contributed by atoms with Crippen LogP contribution >= 0.6 is 11.6 Å². The first-order chi connectivity index (χ1) is 16.0. The first-order valence-corrected chi connectivity index (χ1v) is 13.1. The Morgan fingerprint density at radius 1 is 1.24 bits per heavy atom. The normalized spacial score (nSPS) is 26.1. The third kappa shape index (κ3) is 4.40. The Morgan fingerprint density at radius 2 is 2.03 bits per heavy atom. The van der Waals surface area contributed by atoms with Crippen LogP contribution in [-0.4, -0.2) is 45.3 Å². The fourth-order valence-electron chi connectivity index (χ4n) is 5.56. The maximum atomic E-state index is 11.0. The SMILES string of the molecule is CC1(C)C[C@H](Nc2ncnc3c2ccn3[C@@H]2C[C@@H](CNS(=O)(=O)O)[C@@H](O)C2)c2ccc(Cl)cc21. The van der Waals surface area contributed by atoms with E-state index in [0.29, 0.717) is 12.8 Å². The highest BCUT2D eigenvalue weighted by molar-refractivity contribution is 7.83. The third-order valence-corrected chi connectivity index (χ3v) is 7.97. The van der Waals surface area contributed by atoms with Gasteiger partial charge in [-0.15, -0.1) is 0 Å². The zero-order valence-corrected chi connectivity index (χ0v) is 20.5. The third-order valence-electron chi connectivity index (χ3n) is 7.21.